The topological polar surface area (TPSA) is 21.3 Å². The minimum Gasteiger partial charge on any atom is -0.373 e. The molecular weight excluding hydrogens is 193 g/mol. The van der Waals surface area contributed by atoms with Crippen LogP contribution in [0.1, 0.15) is 18.4 Å². The van der Waals surface area contributed by atoms with Crippen LogP contribution in [0.4, 0.5) is 4.39 Å². The van der Waals surface area contributed by atoms with E-state index in [0.717, 1.165) is 25.9 Å². The molecule has 1 heterocycles. The predicted molar refractivity (Wildman–Crippen MR) is 57.2 cm³/mol. The Bertz CT molecular complexity index is 334. The molecule has 1 aromatic carbocycles. The van der Waals surface area contributed by atoms with Gasteiger partial charge in [-0.1, -0.05) is 18.2 Å². The maximum absolute atomic E-state index is 13.7. The van der Waals surface area contributed by atoms with E-state index in [9.17, 15) is 4.39 Å². The first-order valence-corrected chi connectivity index (χ1v) is 5.29. The van der Waals surface area contributed by atoms with Crippen molar-refractivity contribution in [1.82, 2.24) is 5.32 Å². The lowest BCUT2D eigenvalue weighted by Gasteiger charge is -2.37. The van der Waals surface area contributed by atoms with E-state index in [1.54, 1.807) is 13.2 Å². The van der Waals surface area contributed by atoms with Crippen LogP contribution in [-0.2, 0) is 10.3 Å². The molecule has 82 valence electrons. The van der Waals surface area contributed by atoms with Gasteiger partial charge in [0.2, 0.25) is 0 Å². The molecule has 0 spiro atoms. The van der Waals surface area contributed by atoms with E-state index in [-0.39, 0.29) is 5.82 Å². The highest BCUT2D eigenvalue weighted by atomic mass is 19.1. The Balaban J connectivity index is 2.36. The fourth-order valence-electron chi connectivity index (χ4n) is 2.24. The smallest absolute Gasteiger partial charge is 0.129 e. The van der Waals surface area contributed by atoms with Crippen molar-refractivity contribution in [3.05, 3.63) is 35.6 Å². The number of rotatable bonds is 2. The highest BCUT2D eigenvalue weighted by Crippen LogP contribution is 2.35. The van der Waals surface area contributed by atoms with Gasteiger partial charge in [-0.05, 0) is 32.0 Å². The fraction of sp³-hybridized carbons (Fsp3) is 0.500. The van der Waals surface area contributed by atoms with Crippen molar-refractivity contribution in [2.75, 3.05) is 20.2 Å². The lowest BCUT2D eigenvalue weighted by Crippen LogP contribution is -2.41. The molecule has 0 amide bonds. The van der Waals surface area contributed by atoms with Gasteiger partial charge in [0.25, 0.3) is 0 Å². The summed E-state index contributed by atoms with van der Waals surface area (Å²) in [6.07, 6.45) is 1.65. The van der Waals surface area contributed by atoms with E-state index in [0.29, 0.717) is 5.56 Å². The number of methoxy groups -OCH3 is 1. The third kappa shape index (κ3) is 1.90. The summed E-state index contributed by atoms with van der Waals surface area (Å²) in [6, 6.07) is 6.90. The summed E-state index contributed by atoms with van der Waals surface area (Å²) < 4.78 is 19.3. The molecule has 0 aromatic heterocycles. The Kier molecular flexibility index (Phi) is 3.03. The van der Waals surface area contributed by atoms with Gasteiger partial charge >= 0.3 is 0 Å². The van der Waals surface area contributed by atoms with Crippen molar-refractivity contribution in [1.29, 1.82) is 0 Å². The summed E-state index contributed by atoms with van der Waals surface area (Å²) in [4.78, 5) is 0. The molecule has 1 aliphatic rings. The van der Waals surface area contributed by atoms with E-state index in [4.69, 9.17) is 4.74 Å². The monoisotopic (exact) mass is 209 g/mol. The highest BCUT2D eigenvalue weighted by Gasteiger charge is 2.35. The van der Waals surface area contributed by atoms with Crippen LogP contribution in [0.5, 0.6) is 0 Å². The van der Waals surface area contributed by atoms with Gasteiger partial charge in [0.15, 0.2) is 0 Å². The second-order valence-corrected chi connectivity index (χ2v) is 3.93. The minimum atomic E-state index is -0.434. The van der Waals surface area contributed by atoms with Gasteiger partial charge in [-0.15, -0.1) is 0 Å². The second-order valence-electron chi connectivity index (χ2n) is 3.93. The minimum absolute atomic E-state index is 0.166. The predicted octanol–water partition coefficient (Wildman–Crippen LogP) is 2.05. The summed E-state index contributed by atoms with van der Waals surface area (Å²) in [7, 11) is 1.66. The number of halogens is 1. The molecule has 15 heavy (non-hydrogen) atoms. The molecule has 1 aliphatic heterocycles. The van der Waals surface area contributed by atoms with Gasteiger partial charge in [0.1, 0.15) is 5.82 Å². The standard InChI is InChI=1S/C12H16FNO/c1-15-12(6-8-14-9-7-12)10-4-2-3-5-11(10)13/h2-5,14H,6-9H2,1H3. The van der Waals surface area contributed by atoms with Crippen molar-refractivity contribution in [2.24, 2.45) is 0 Å². The molecule has 0 atom stereocenters. The van der Waals surface area contributed by atoms with Crippen LogP contribution in [0.3, 0.4) is 0 Å². The summed E-state index contributed by atoms with van der Waals surface area (Å²) in [6.45, 7) is 1.75. The van der Waals surface area contributed by atoms with Gasteiger partial charge in [-0.2, -0.15) is 0 Å². The molecule has 1 fully saturated rings. The largest absolute Gasteiger partial charge is 0.373 e. The lowest BCUT2D eigenvalue weighted by atomic mass is 9.84. The molecule has 0 bridgehead atoms. The molecule has 1 N–H and O–H groups in total. The number of hydrogen-bond acceptors (Lipinski definition) is 2. The average molecular weight is 209 g/mol. The van der Waals surface area contributed by atoms with E-state index in [2.05, 4.69) is 5.32 Å². The SMILES string of the molecule is COC1(c2ccccc2F)CCNCC1. The van der Waals surface area contributed by atoms with Gasteiger partial charge < -0.3 is 10.1 Å². The third-order valence-electron chi connectivity index (χ3n) is 3.17. The van der Waals surface area contributed by atoms with E-state index < -0.39 is 5.60 Å². The first kappa shape index (κ1) is 10.6. The van der Waals surface area contributed by atoms with Crippen LogP contribution in [0, 0.1) is 5.82 Å². The molecule has 0 aliphatic carbocycles. The molecule has 0 radical (unpaired) electrons. The summed E-state index contributed by atoms with van der Waals surface area (Å²) in [5.41, 5.74) is 0.255. The Morgan fingerprint density at radius 1 is 1.27 bits per heavy atom. The number of nitrogens with one attached hydrogen (secondary N) is 1. The Morgan fingerprint density at radius 2 is 1.93 bits per heavy atom. The first-order chi connectivity index (χ1) is 7.28. The number of ether oxygens (including phenoxy) is 1. The van der Waals surface area contributed by atoms with E-state index >= 15 is 0 Å². The lowest BCUT2D eigenvalue weighted by molar-refractivity contribution is -0.0416. The molecule has 2 rings (SSSR count). The molecule has 1 aromatic rings. The van der Waals surface area contributed by atoms with E-state index in [1.807, 2.05) is 12.1 Å². The van der Waals surface area contributed by atoms with Crippen molar-refractivity contribution >= 4 is 0 Å². The van der Waals surface area contributed by atoms with Crippen LogP contribution in [0.2, 0.25) is 0 Å². The van der Waals surface area contributed by atoms with Crippen LogP contribution in [0.25, 0.3) is 0 Å². The molecular formula is C12H16FNO. The first-order valence-electron chi connectivity index (χ1n) is 5.29. The Morgan fingerprint density at radius 3 is 2.53 bits per heavy atom. The molecule has 3 heteroatoms. The Labute approximate surface area is 89.4 Å². The number of piperidine rings is 1. The van der Waals surface area contributed by atoms with Crippen molar-refractivity contribution < 1.29 is 9.13 Å². The average Bonchev–Trinajstić information content (AvgIpc) is 2.30. The summed E-state index contributed by atoms with van der Waals surface area (Å²) in [5.74, 6) is -0.166. The second kappa shape index (κ2) is 4.29. The van der Waals surface area contributed by atoms with Crippen LogP contribution in [0.15, 0.2) is 24.3 Å². The normalized spacial score (nSPS) is 20.1. The van der Waals surface area contributed by atoms with Gasteiger partial charge in [0, 0.05) is 12.7 Å². The third-order valence-corrected chi connectivity index (χ3v) is 3.17. The van der Waals surface area contributed by atoms with Gasteiger partial charge in [-0.3, -0.25) is 0 Å². The number of hydrogen-bond donors (Lipinski definition) is 1. The molecule has 2 nitrogen and oxygen atoms in total. The van der Waals surface area contributed by atoms with Crippen molar-refractivity contribution in [3.8, 4) is 0 Å². The van der Waals surface area contributed by atoms with Gasteiger partial charge in [-0.25, -0.2) is 4.39 Å². The maximum atomic E-state index is 13.7. The summed E-state index contributed by atoms with van der Waals surface area (Å²) in [5, 5.41) is 3.26. The zero-order valence-corrected chi connectivity index (χ0v) is 8.92. The van der Waals surface area contributed by atoms with Crippen LogP contribution in [-0.4, -0.2) is 20.2 Å². The van der Waals surface area contributed by atoms with Crippen molar-refractivity contribution in [3.63, 3.8) is 0 Å². The zero-order chi connectivity index (χ0) is 10.7. The highest BCUT2D eigenvalue weighted by molar-refractivity contribution is 5.25. The zero-order valence-electron chi connectivity index (χ0n) is 8.92. The Hall–Kier alpha value is -0.930. The molecule has 0 saturated carbocycles. The van der Waals surface area contributed by atoms with Crippen LogP contribution < -0.4 is 5.32 Å². The number of benzene rings is 1. The maximum Gasteiger partial charge on any atom is 0.129 e. The van der Waals surface area contributed by atoms with Crippen LogP contribution >= 0.6 is 0 Å². The van der Waals surface area contributed by atoms with Gasteiger partial charge in [0.05, 0.1) is 5.60 Å². The molecule has 0 unspecified atom stereocenters. The fourth-order valence-corrected chi connectivity index (χ4v) is 2.24. The molecule has 1 saturated heterocycles. The van der Waals surface area contributed by atoms with E-state index in [1.165, 1.54) is 6.07 Å². The summed E-state index contributed by atoms with van der Waals surface area (Å²) >= 11 is 0. The quantitative estimate of drug-likeness (QED) is 0.805. The van der Waals surface area contributed by atoms with Crippen molar-refractivity contribution in [2.45, 2.75) is 18.4 Å².